The zero-order chi connectivity index (χ0) is 27.9. The van der Waals surface area contributed by atoms with Gasteiger partial charge in [0.15, 0.2) is 5.82 Å². The number of nitrogens with one attached hydrogen (secondary N) is 2. The Balaban J connectivity index is 1.52. The van der Waals surface area contributed by atoms with Crippen LogP contribution in [0.5, 0.6) is 0 Å². The van der Waals surface area contributed by atoms with Gasteiger partial charge in [-0.05, 0) is 87.0 Å². The third kappa shape index (κ3) is 7.42. The molecule has 4 rings (SSSR count). The van der Waals surface area contributed by atoms with E-state index < -0.39 is 11.5 Å². The van der Waals surface area contributed by atoms with E-state index in [-0.39, 0.29) is 17.1 Å². The number of nitrogens with two attached hydrogens (primary N) is 2. The molecule has 0 saturated carbocycles. The van der Waals surface area contributed by atoms with Crippen molar-refractivity contribution >= 4 is 22.6 Å². The third-order valence-electron chi connectivity index (χ3n) is 6.72. The number of H-pyrrole nitrogens is 1. The first kappa shape index (κ1) is 28.7. The molecular formula is C30H36ClFN6O. The van der Waals surface area contributed by atoms with Crippen molar-refractivity contribution < 1.29 is 4.39 Å². The van der Waals surface area contributed by atoms with Crippen LogP contribution in [0.3, 0.4) is 0 Å². The van der Waals surface area contributed by atoms with Crippen LogP contribution in [0.25, 0.3) is 28.0 Å². The Morgan fingerprint density at radius 1 is 1.18 bits per heavy atom. The van der Waals surface area contributed by atoms with Gasteiger partial charge in [0.05, 0.1) is 16.4 Å². The smallest absolute Gasteiger partial charge is 0.339 e. The average molecular weight is 551 g/mol. The van der Waals surface area contributed by atoms with Crippen molar-refractivity contribution in [3.05, 3.63) is 93.8 Å². The van der Waals surface area contributed by atoms with E-state index in [0.717, 1.165) is 49.8 Å². The summed E-state index contributed by atoms with van der Waals surface area (Å²) in [6.07, 6.45) is 7.72. The largest absolute Gasteiger partial charge is 0.354 e. The van der Waals surface area contributed by atoms with Crippen molar-refractivity contribution in [2.45, 2.75) is 57.7 Å². The van der Waals surface area contributed by atoms with Gasteiger partial charge in [0.25, 0.3) is 0 Å². The standard InChI is InChI=1S/C30H36ClFN6O/c1-3-5-23(34)12-13-35-17-20-8-10-24(11-9-20)38-18-22-16-27(36-29(22)37-30(38)39)25-14-21(7-4-6-19(2)33)15-26(31)28(25)32/h3,8-11,14-16,18-19,23,35H,1,4-7,12-13,17,33-34H2,2H3,(H,36,37,39)/t19-,23+/m0/s1. The Kier molecular flexibility index (Phi) is 9.69. The lowest BCUT2D eigenvalue weighted by atomic mass is 10.0. The second-order valence-corrected chi connectivity index (χ2v) is 10.5. The van der Waals surface area contributed by atoms with Crippen LogP contribution in [0.1, 0.15) is 43.7 Å². The predicted octanol–water partition coefficient (Wildman–Crippen LogP) is 5.23. The maximum absolute atomic E-state index is 15.0. The summed E-state index contributed by atoms with van der Waals surface area (Å²) in [5.74, 6) is -0.513. The van der Waals surface area contributed by atoms with Crippen LogP contribution < -0.4 is 22.5 Å². The van der Waals surface area contributed by atoms with Crippen molar-refractivity contribution in [1.29, 1.82) is 0 Å². The molecular weight excluding hydrogens is 515 g/mol. The van der Waals surface area contributed by atoms with Crippen LogP contribution in [0, 0.1) is 5.82 Å². The van der Waals surface area contributed by atoms with Crippen LogP contribution in [-0.4, -0.2) is 33.2 Å². The van der Waals surface area contributed by atoms with Crippen LogP contribution in [0.2, 0.25) is 5.02 Å². The highest BCUT2D eigenvalue weighted by atomic mass is 35.5. The molecule has 0 aliphatic carbocycles. The molecule has 0 aliphatic heterocycles. The fraction of sp³-hybridized carbons (Fsp3) is 0.333. The number of halogens is 2. The lowest BCUT2D eigenvalue weighted by Crippen LogP contribution is -2.26. The molecule has 0 saturated heterocycles. The van der Waals surface area contributed by atoms with Gasteiger partial charge < -0.3 is 21.8 Å². The Morgan fingerprint density at radius 2 is 1.95 bits per heavy atom. The highest BCUT2D eigenvalue weighted by Crippen LogP contribution is 2.31. The van der Waals surface area contributed by atoms with Gasteiger partial charge in [-0.15, -0.1) is 6.58 Å². The number of rotatable bonds is 13. The Labute approximate surface area is 233 Å². The summed E-state index contributed by atoms with van der Waals surface area (Å²) in [6, 6.07) is 13.2. The van der Waals surface area contributed by atoms with Gasteiger partial charge in [-0.1, -0.05) is 29.8 Å². The minimum atomic E-state index is -0.513. The van der Waals surface area contributed by atoms with E-state index in [2.05, 4.69) is 21.9 Å². The van der Waals surface area contributed by atoms with Crippen molar-refractivity contribution in [1.82, 2.24) is 19.9 Å². The van der Waals surface area contributed by atoms with E-state index in [1.165, 1.54) is 4.57 Å². The number of aryl methyl sites for hydroxylation is 1. The van der Waals surface area contributed by atoms with E-state index in [4.69, 9.17) is 23.1 Å². The molecule has 0 bridgehead atoms. The quantitative estimate of drug-likeness (QED) is 0.134. The summed E-state index contributed by atoms with van der Waals surface area (Å²) >= 11 is 6.22. The normalized spacial score (nSPS) is 13.1. The second kappa shape index (κ2) is 13.2. The first-order chi connectivity index (χ1) is 18.7. The highest BCUT2D eigenvalue weighted by Gasteiger charge is 2.15. The minimum Gasteiger partial charge on any atom is -0.339 e. The summed E-state index contributed by atoms with van der Waals surface area (Å²) in [5.41, 5.74) is 15.4. The molecule has 4 aromatic rings. The summed E-state index contributed by atoms with van der Waals surface area (Å²) in [7, 11) is 0. The Morgan fingerprint density at radius 3 is 2.67 bits per heavy atom. The van der Waals surface area contributed by atoms with E-state index in [0.29, 0.717) is 34.5 Å². The minimum absolute atomic E-state index is 0.0590. The van der Waals surface area contributed by atoms with Crippen LogP contribution in [-0.2, 0) is 13.0 Å². The molecule has 2 atom stereocenters. The molecule has 0 fully saturated rings. The monoisotopic (exact) mass is 550 g/mol. The van der Waals surface area contributed by atoms with E-state index >= 15 is 4.39 Å². The first-order valence-corrected chi connectivity index (χ1v) is 13.7. The number of benzene rings is 2. The third-order valence-corrected chi connectivity index (χ3v) is 6.99. The Hall–Kier alpha value is -3.30. The number of hydrogen-bond acceptors (Lipinski definition) is 5. The molecule has 0 amide bonds. The van der Waals surface area contributed by atoms with E-state index in [1.54, 1.807) is 24.4 Å². The van der Waals surface area contributed by atoms with Gasteiger partial charge in [-0.3, -0.25) is 4.57 Å². The molecule has 206 valence electrons. The maximum Gasteiger partial charge on any atom is 0.354 e. The molecule has 0 aliphatic rings. The molecule has 6 N–H and O–H groups in total. The lowest BCUT2D eigenvalue weighted by molar-refractivity contribution is 0.565. The van der Waals surface area contributed by atoms with Crippen molar-refractivity contribution in [2.24, 2.45) is 11.5 Å². The lowest BCUT2D eigenvalue weighted by Gasteiger charge is -2.10. The zero-order valence-corrected chi connectivity index (χ0v) is 23.0. The molecule has 0 spiro atoms. The molecule has 0 unspecified atom stereocenters. The van der Waals surface area contributed by atoms with Crippen molar-refractivity contribution in [3.8, 4) is 16.9 Å². The van der Waals surface area contributed by atoms with Crippen molar-refractivity contribution in [2.75, 3.05) is 6.54 Å². The number of aromatic nitrogens is 3. The summed E-state index contributed by atoms with van der Waals surface area (Å²) in [5, 5.41) is 4.13. The highest BCUT2D eigenvalue weighted by molar-refractivity contribution is 6.31. The SMILES string of the molecule is C=CC[C@@H](N)CCNCc1ccc(-n2cc3cc(-c4cc(CCC[C@H](C)N)cc(Cl)c4F)[nH]c3nc2=O)cc1. The fourth-order valence-electron chi connectivity index (χ4n) is 4.56. The van der Waals surface area contributed by atoms with Gasteiger partial charge in [0, 0.05) is 35.8 Å². The van der Waals surface area contributed by atoms with Gasteiger partial charge in [0.1, 0.15) is 5.65 Å². The van der Waals surface area contributed by atoms with Gasteiger partial charge >= 0.3 is 5.69 Å². The van der Waals surface area contributed by atoms with Crippen LogP contribution >= 0.6 is 11.6 Å². The average Bonchev–Trinajstić information content (AvgIpc) is 3.31. The molecule has 7 nitrogen and oxygen atoms in total. The molecule has 39 heavy (non-hydrogen) atoms. The predicted molar refractivity (Wildman–Crippen MR) is 158 cm³/mol. The topological polar surface area (TPSA) is 115 Å². The van der Waals surface area contributed by atoms with E-state index in [1.807, 2.05) is 37.3 Å². The molecule has 9 heteroatoms. The summed E-state index contributed by atoms with van der Waals surface area (Å²) in [4.78, 5) is 20.1. The first-order valence-electron chi connectivity index (χ1n) is 13.3. The van der Waals surface area contributed by atoms with E-state index in [9.17, 15) is 4.79 Å². The van der Waals surface area contributed by atoms with Gasteiger partial charge in [-0.2, -0.15) is 4.98 Å². The van der Waals surface area contributed by atoms with Gasteiger partial charge in [-0.25, -0.2) is 9.18 Å². The number of nitrogens with zero attached hydrogens (tertiary/aromatic N) is 2. The number of hydrogen-bond donors (Lipinski definition) is 4. The number of aromatic amines is 1. The second-order valence-electron chi connectivity index (χ2n) is 10.1. The molecule has 2 aromatic carbocycles. The maximum atomic E-state index is 15.0. The van der Waals surface area contributed by atoms with Gasteiger partial charge in [0.2, 0.25) is 0 Å². The zero-order valence-electron chi connectivity index (χ0n) is 22.2. The van der Waals surface area contributed by atoms with Crippen molar-refractivity contribution in [3.63, 3.8) is 0 Å². The fourth-order valence-corrected chi connectivity index (χ4v) is 4.81. The molecule has 2 aromatic heterocycles. The summed E-state index contributed by atoms with van der Waals surface area (Å²) < 4.78 is 16.5. The number of fused-ring (bicyclic) bond motifs is 1. The molecule has 2 heterocycles. The molecule has 0 radical (unpaired) electrons. The van der Waals surface area contributed by atoms with Crippen LogP contribution in [0.15, 0.2) is 66.1 Å². The summed E-state index contributed by atoms with van der Waals surface area (Å²) in [6.45, 7) is 7.20. The van der Waals surface area contributed by atoms with Crippen LogP contribution in [0.4, 0.5) is 4.39 Å². The Bertz CT molecular complexity index is 1480.